The van der Waals surface area contributed by atoms with E-state index < -0.39 is 0 Å². The van der Waals surface area contributed by atoms with Gasteiger partial charge in [0.25, 0.3) is 5.56 Å². The SMILES string of the molecule is CCc1cccc(C)c1NC(=O)CSc1nc2cc(C)[nH]c2c(=O)n1-c1ccc(C)cc1. The zero-order chi connectivity index (χ0) is 22.8. The Morgan fingerprint density at radius 2 is 1.88 bits per heavy atom. The maximum Gasteiger partial charge on any atom is 0.283 e. The highest BCUT2D eigenvalue weighted by Crippen LogP contribution is 2.24. The number of nitrogens with one attached hydrogen (secondary N) is 2. The number of H-pyrrole nitrogens is 1. The molecule has 2 N–H and O–H groups in total. The number of carbonyl (C=O) groups excluding carboxylic acids is 1. The summed E-state index contributed by atoms with van der Waals surface area (Å²) >= 11 is 1.26. The van der Waals surface area contributed by atoms with Crippen molar-refractivity contribution in [3.63, 3.8) is 0 Å². The molecule has 164 valence electrons. The molecule has 0 radical (unpaired) electrons. The predicted molar refractivity (Wildman–Crippen MR) is 131 cm³/mol. The number of fused-ring (bicyclic) bond motifs is 1. The number of thioether (sulfide) groups is 1. The number of benzene rings is 2. The number of amides is 1. The van der Waals surface area contributed by atoms with Crippen LogP contribution >= 0.6 is 11.8 Å². The van der Waals surface area contributed by atoms with Gasteiger partial charge in [-0.25, -0.2) is 4.98 Å². The van der Waals surface area contributed by atoms with Crippen molar-refractivity contribution in [3.05, 3.63) is 81.3 Å². The second-order valence-corrected chi connectivity index (χ2v) is 8.83. The van der Waals surface area contributed by atoms with Crippen LogP contribution in [0.25, 0.3) is 16.7 Å². The molecule has 0 aliphatic carbocycles. The van der Waals surface area contributed by atoms with Crippen molar-refractivity contribution in [2.24, 2.45) is 0 Å². The molecule has 0 atom stereocenters. The van der Waals surface area contributed by atoms with Gasteiger partial charge in [-0.2, -0.15) is 0 Å². The standard InChI is InChI=1S/C25H26N4O2S/c1-5-18-8-6-7-16(3)22(18)28-21(30)14-32-25-27-20-13-17(4)26-23(20)24(31)29(25)19-11-9-15(2)10-12-19/h6-13,26H,5,14H2,1-4H3,(H,28,30). The van der Waals surface area contributed by atoms with Crippen LogP contribution in [0.15, 0.2) is 58.5 Å². The average Bonchev–Trinajstić information content (AvgIpc) is 3.15. The molecule has 0 saturated heterocycles. The van der Waals surface area contributed by atoms with Gasteiger partial charge in [0.1, 0.15) is 5.52 Å². The number of hydrogen-bond acceptors (Lipinski definition) is 4. The van der Waals surface area contributed by atoms with Gasteiger partial charge >= 0.3 is 0 Å². The maximum absolute atomic E-state index is 13.3. The van der Waals surface area contributed by atoms with Crippen LogP contribution in [0.2, 0.25) is 0 Å². The molecule has 0 aliphatic rings. The fourth-order valence-corrected chi connectivity index (χ4v) is 4.52. The van der Waals surface area contributed by atoms with Crippen LogP contribution in [0.4, 0.5) is 5.69 Å². The molecule has 0 unspecified atom stereocenters. The van der Waals surface area contributed by atoms with E-state index in [9.17, 15) is 9.59 Å². The van der Waals surface area contributed by atoms with Gasteiger partial charge in [-0.15, -0.1) is 0 Å². The first-order valence-corrected chi connectivity index (χ1v) is 11.6. The van der Waals surface area contributed by atoms with Crippen LogP contribution in [0.3, 0.4) is 0 Å². The molecule has 6 nitrogen and oxygen atoms in total. The molecule has 7 heteroatoms. The highest BCUT2D eigenvalue weighted by atomic mass is 32.2. The lowest BCUT2D eigenvalue weighted by Gasteiger charge is -2.14. The Balaban J connectivity index is 1.67. The third-order valence-electron chi connectivity index (χ3n) is 5.38. The third-order valence-corrected chi connectivity index (χ3v) is 6.32. The number of aryl methyl sites for hydroxylation is 4. The van der Waals surface area contributed by atoms with Gasteiger partial charge in [0, 0.05) is 11.4 Å². The minimum absolute atomic E-state index is 0.131. The summed E-state index contributed by atoms with van der Waals surface area (Å²) in [4.78, 5) is 33.9. The predicted octanol–water partition coefficient (Wildman–Crippen LogP) is 4.93. The maximum atomic E-state index is 13.3. The zero-order valence-electron chi connectivity index (χ0n) is 18.7. The Morgan fingerprint density at radius 3 is 2.59 bits per heavy atom. The molecule has 4 rings (SSSR count). The minimum Gasteiger partial charge on any atom is -0.353 e. The third kappa shape index (κ3) is 4.34. The Hall–Kier alpha value is -3.32. The Bertz CT molecular complexity index is 1350. The van der Waals surface area contributed by atoms with Crippen LogP contribution in [0, 0.1) is 20.8 Å². The van der Waals surface area contributed by atoms with Crippen molar-refractivity contribution in [2.75, 3.05) is 11.1 Å². The normalized spacial score (nSPS) is 11.1. The lowest BCUT2D eigenvalue weighted by Crippen LogP contribution is -2.23. The summed E-state index contributed by atoms with van der Waals surface area (Å²) in [5.41, 5.74) is 6.57. The van der Waals surface area contributed by atoms with Crippen LogP contribution in [0.1, 0.15) is 29.3 Å². The number of aromatic amines is 1. The van der Waals surface area contributed by atoms with Crippen molar-refractivity contribution in [2.45, 2.75) is 39.3 Å². The van der Waals surface area contributed by atoms with Crippen molar-refractivity contribution < 1.29 is 4.79 Å². The molecular formula is C25H26N4O2S. The van der Waals surface area contributed by atoms with Gasteiger partial charge in [-0.1, -0.05) is 54.6 Å². The summed E-state index contributed by atoms with van der Waals surface area (Å²) in [7, 11) is 0. The summed E-state index contributed by atoms with van der Waals surface area (Å²) in [5.74, 6) is 0.0130. The fourth-order valence-electron chi connectivity index (χ4n) is 3.70. The minimum atomic E-state index is -0.179. The van der Waals surface area contributed by atoms with E-state index in [1.165, 1.54) is 11.8 Å². The van der Waals surface area contributed by atoms with Crippen LogP contribution in [0.5, 0.6) is 0 Å². The molecule has 4 aromatic rings. The Morgan fingerprint density at radius 1 is 1.12 bits per heavy atom. The molecule has 0 saturated carbocycles. The van der Waals surface area contributed by atoms with Crippen LogP contribution in [-0.2, 0) is 11.2 Å². The van der Waals surface area contributed by atoms with E-state index in [1.807, 2.05) is 69.3 Å². The fraction of sp³-hybridized carbons (Fsp3) is 0.240. The number of nitrogens with zero attached hydrogens (tertiary/aromatic N) is 2. The van der Waals surface area contributed by atoms with Crippen molar-refractivity contribution >= 4 is 34.4 Å². The van der Waals surface area contributed by atoms with E-state index in [-0.39, 0.29) is 17.2 Å². The number of para-hydroxylation sites is 1. The first kappa shape index (κ1) is 21.9. The lowest BCUT2D eigenvalue weighted by atomic mass is 10.1. The molecule has 2 heterocycles. The summed E-state index contributed by atoms with van der Waals surface area (Å²) in [6.45, 7) is 7.95. The van der Waals surface area contributed by atoms with E-state index in [2.05, 4.69) is 17.2 Å². The molecule has 2 aromatic heterocycles. The molecular weight excluding hydrogens is 420 g/mol. The van der Waals surface area contributed by atoms with Gasteiger partial charge in [0.2, 0.25) is 5.91 Å². The number of carbonyl (C=O) groups is 1. The number of rotatable bonds is 6. The summed E-state index contributed by atoms with van der Waals surface area (Å²) in [6.07, 6.45) is 0.836. The number of anilines is 1. The van der Waals surface area contributed by atoms with Gasteiger partial charge < -0.3 is 10.3 Å². The smallest absolute Gasteiger partial charge is 0.283 e. The summed E-state index contributed by atoms with van der Waals surface area (Å²) in [6, 6.07) is 15.6. The first-order chi connectivity index (χ1) is 15.4. The average molecular weight is 447 g/mol. The molecule has 0 fully saturated rings. The molecule has 0 aliphatic heterocycles. The van der Waals surface area contributed by atoms with Crippen LogP contribution < -0.4 is 10.9 Å². The van der Waals surface area contributed by atoms with Gasteiger partial charge in [-0.05, 0) is 56.5 Å². The lowest BCUT2D eigenvalue weighted by molar-refractivity contribution is -0.113. The van der Waals surface area contributed by atoms with E-state index in [4.69, 9.17) is 4.98 Å². The van der Waals surface area contributed by atoms with Gasteiger partial charge in [-0.3, -0.25) is 14.2 Å². The highest BCUT2D eigenvalue weighted by molar-refractivity contribution is 7.99. The molecule has 0 bridgehead atoms. The molecule has 32 heavy (non-hydrogen) atoms. The monoisotopic (exact) mass is 446 g/mol. The van der Waals surface area contributed by atoms with Crippen molar-refractivity contribution in [1.29, 1.82) is 0 Å². The highest BCUT2D eigenvalue weighted by Gasteiger charge is 2.17. The zero-order valence-corrected chi connectivity index (χ0v) is 19.5. The van der Waals surface area contributed by atoms with E-state index in [0.29, 0.717) is 16.2 Å². The Kier molecular flexibility index (Phi) is 6.19. The largest absolute Gasteiger partial charge is 0.353 e. The van der Waals surface area contributed by atoms with Crippen LogP contribution in [-0.4, -0.2) is 26.2 Å². The van der Waals surface area contributed by atoms with Gasteiger partial charge in [0.05, 0.1) is 17.0 Å². The number of hydrogen-bond donors (Lipinski definition) is 2. The second-order valence-electron chi connectivity index (χ2n) is 7.88. The van der Waals surface area contributed by atoms with Gasteiger partial charge in [0.15, 0.2) is 5.16 Å². The topological polar surface area (TPSA) is 79.8 Å². The van der Waals surface area contributed by atoms with Crippen molar-refractivity contribution in [1.82, 2.24) is 14.5 Å². The second kappa shape index (κ2) is 9.04. The quantitative estimate of drug-likeness (QED) is 0.325. The van der Waals surface area contributed by atoms with Crippen molar-refractivity contribution in [3.8, 4) is 5.69 Å². The Labute approximate surface area is 191 Å². The molecule has 1 amide bonds. The first-order valence-electron chi connectivity index (χ1n) is 10.6. The molecule has 0 spiro atoms. The molecule has 2 aromatic carbocycles. The van der Waals surface area contributed by atoms with E-state index in [1.54, 1.807) is 4.57 Å². The van der Waals surface area contributed by atoms with E-state index in [0.717, 1.165) is 40.2 Å². The summed E-state index contributed by atoms with van der Waals surface area (Å²) < 4.78 is 1.57. The summed E-state index contributed by atoms with van der Waals surface area (Å²) in [5, 5.41) is 3.53. The number of aromatic nitrogens is 3. The van der Waals surface area contributed by atoms with E-state index >= 15 is 0 Å².